The maximum absolute atomic E-state index is 14.3. The molecule has 2 N–H and O–H groups in total. The van der Waals surface area contributed by atoms with Crippen LogP contribution in [0.3, 0.4) is 0 Å². The Kier molecular flexibility index (Phi) is 4.90. The number of rotatable bonds is 3. The predicted molar refractivity (Wildman–Crippen MR) is 90.8 cm³/mol. The lowest BCUT2D eigenvalue weighted by atomic mass is 10.2. The summed E-state index contributed by atoms with van der Waals surface area (Å²) in [4.78, 5) is 25.5. The van der Waals surface area contributed by atoms with E-state index in [9.17, 15) is 32.3 Å². The van der Waals surface area contributed by atoms with Gasteiger partial charge in [-0.1, -0.05) is 11.6 Å². The van der Waals surface area contributed by atoms with E-state index in [0.29, 0.717) is 0 Å². The molecule has 0 radical (unpaired) electrons. The van der Waals surface area contributed by atoms with Crippen LogP contribution in [0.5, 0.6) is 17.2 Å². The van der Waals surface area contributed by atoms with Crippen LogP contribution >= 0.6 is 11.6 Å². The lowest BCUT2D eigenvalue weighted by Gasteiger charge is -2.13. The predicted octanol–water partition coefficient (Wildman–Crippen LogP) is 3.84. The molecule has 0 aliphatic rings. The quantitative estimate of drug-likeness (QED) is 0.635. The average Bonchev–Trinajstić information content (AvgIpc) is 2.59. The standard InChI is InChI=1S/C17H9ClF4N2O4/c18-10-5-11(19)12(6-13(10)28-9-3-1-8(25)2-4-9)24-15(26)7-14(17(20,21)22)23-16(24)27/h1-7,25H,(H,23,27). The molecular weight excluding hydrogens is 408 g/mol. The molecule has 2 aromatic carbocycles. The van der Waals surface area contributed by atoms with Crippen LogP contribution in [0.2, 0.25) is 5.02 Å². The fraction of sp³-hybridized carbons (Fsp3) is 0.0588. The Hall–Kier alpha value is -3.27. The number of phenolic OH excluding ortho intramolecular Hbond substituents is 1. The van der Waals surface area contributed by atoms with Gasteiger partial charge in [0.1, 0.15) is 28.8 Å². The summed E-state index contributed by atoms with van der Waals surface area (Å²) in [6, 6.07) is 7.12. The van der Waals surface area contributed by atoms with Gasteiger partial charge in [0.25, 0.3) is 5.56 Å². The highest BCUT2D eigenvalue weighted by Crippen LogP contribution is 2.33. The molecule has 0 spiro atoms. The first kappa shape index (κ1) is 19.5. The Morgan fingerprint density at radius 3 is 2.29 bits per heavy atom. The van der Waals surface area contributed by atoms with E-state index in [1.165, 1.54) is 29.2 Å². The smallest absolute Gasteiger partial charge is 0.431 e. The van der Waals surface area contributed by atoms with E-state index in [1.807, 2.05) is 0 Å². The molecule has 0 amide bonds. The topological polar surface area (TPSA) is 84.3 Å². The minimum Gasteiger partial charge on any atom is -0.508 e. The van der Waals surface area contributed by atoms with Gasteiger partial charge in [0.15, 0.2) is 0 Å². The Bertz CT molecular complexity index is 1120. The van der Waals surface area contributed by atoms with Crippen LogP contribution in [0, 0.1) is 5.82 Å². The Morgan fingerprint density at radius 1 is 1.07 bits per heavy atom. The molecule has 1 aromatic heterocycles. The first-order chi connectivity index (χ1) is 13.1. The Morgan fingerprint density at radius 2 is 1.71 bits per heavy atom. The number of H-pyrrole nitrogens is 1. The molecule has 0 saturated heterocycles. The zero-order valence-corrected chi connectivity index (χ0v) is 14.3. The number of nitrogens with one attached hydrogen (secondary N) is 1. The third-order valence-corrected chi connectivity index (χ3v) is 3.84. The number of aromatic hydroxyl groups is 1. The van der Waals surface area contributed by atoms with Gasteiger partial charge in [-0.3, -0.25) is 4.79 Å². The van der Waals surface area contributed by atoms with Gasteiger partial charge in [-0.05, 0) is 30.3 Å². The fourth-order valence-corrected chi connectivity index (χ4v) is 2.47. The van der Waals surface area contributed by atoms with Crippen molar-refractivity contribution in [2.24, 2.45) is 0 Å². The van der Waals surface area contributed by atoms with E-state index >= 15 is 0 Å². The second-order valence-electron chi connectivity index (χ2n) is 5.49. The molecule has 11 heteroatoms. The van der Waals surface area contributed by atoms with Gasteiger partial charge in [0.05, 0.1) is 10.7 Å². The number of hydrogen-bond acceptors (Lipinski definition) is 4. The summed E-state index contributed by atoms with van der Waals surface area (Å²) in [7, 11) is 0. The second kappa shape index (κ2) is 7.04. The number of aromatic amines is 1. The molecule has 3 aromatic rings. The van der Waals surface area contributed by atoms with E-state index in [1.54, 1.807) is 0 Å². The monoisotopic (exact) mass is 416 g/mol. The number of alkyl halides is 3. The van der Waals surface area contributed by atoms with E-state index in [2.05, 4.69) is 0 Å². The number of hydrogen-bond donors (Lipinski definition) is 2. The van der Waals surface area contributed by atoms with Crippen LogP contribution in [-0.4, -0.2) is 14.7 Å². The molecule has 0 aliphatic heterocycles. The van der Waals surface area contributed by atoms with Gasteiger partial charge in [0.2, 0.25) is 0 Å². The zero-order chi connectivity index (χ0) is 20.6. The summed E-state index contributed by atoms with van der Waals surface area (Å²) in [6.45, 7) is 0. The fourth-order valence-electron chi connectivity index (χ4n) is 2.29. The minimum atomic E-state index is -4.96. The Balaban J connectivity index is 2.12. The lowest BCUT2D eigenvalue weighted by Crippen LogP contribution is -2.36. The summed E-state index contributed by atoms with van der Waals surface area (Å²) in [5, 5.41) is 9.04. The third-order valence-electron chi connectivity index (χ3n) is 3.55. The first-order valence-corrected chi connectivity index (χ1v) is 7.84. The molecule has 1 heterocycles. The van der Waals surface area contributed by atoms with Crippen molar-refractivity contribution in [2.75, 3.05) is 0 Å². The van der Waals surface area contributed by atoms with E-state index in [-0.39, 0.29) is 32.9 Å². The molecule has 3 rings (SSSR count). The minimum absolute atomic E-state index is 0.0407. The second-order valence-corrected chi connectivity index (χ2v) is 5.90. The van der Waals surface area contributed by atoms with Crippen molar-refractivity contribution in [3.8, 4) is 22.9 Å². The molecule has 0 unspecified atom stereocenters. The highest BCUT2D eigenvalue weighted by molar-refractivity contribution is 6.32. The van der Waals surface area contributed by atoms with Crippen LogP contribution in [0.4, 0.5) is 17.6 Å². The summed E-state index contributed by atoms with van der Waals surface area (Å²) in [6.07, 6.45) is -4.96. The number of phenols is 1. The molecule has 0 saturated carbocycles. The summed E-state index contributed by atoms with van der Waals surface area (Å²) in [5.74, 6) is -1.16. The summed E-state index contributed by atoms with van der Waals surface area (Å²) < 4.78 is 58.0. The summed E-state index contributed by atoms with van der Waals surface area (Å²) >= 11 is 5.90. The number of ether oxygens (including phenoxy) is 1. The van der Waals surface area contributed by atoms with Crippen molar-refractivity contribution >= 4 is 11.6 Å². The van der Waals surface area contributed by atoms with Crippen LogP contribution < -0.4 is 16.0 Å². The molecule has 0 fully saturated rings. The number of aromatic nitrogens is 2. The molecule has 0 atom stereocenters. The lowest BCUT2D eigenvalue weighted by molar-refractivity contribution is -0.141. The van der Waals surface area contributed by atoms with Gasteiger partial charge >= 0.3 is 11.9 Å². The van der Waals surface area contributed by atoms with E-state index in [0.717, 1.165) is 12.1 Å². The van der Waals surface area contributed by atoms with Crippen LogP contribution in [0.15, 0.2) is 52.1 Å². The van der Waals surface area contributed by atoms with Crippen LogP contribution in [0.1, 0.15) is 5.69 Å². The van der Waals surface area contributed by atoms with Gasteiger partial charge in [0, 0.05) is 12.1 Å². The van der Waals surface area contributed by atoms with Gasteiger partial charge < -0.3 is 14.8 Å². The Labute approximate surface area is 158 Å². The van der Waals surface area contributed by atoms with Gasteiger partial charge in [-0.25, -0.2) is 13.8 Å². The van der Waals surface area contributed by atoms with Crippen molar-refractivity contribution in [2.45, 2.75) is 6.18 Å². The highest BCUT2D eigenvalue weighted by atomic mass is 35.5. The largest absolute Gasteiger partial charge is 0.508 e. The van der Waals surface area contributed by atoms with Crippen LogP contribution in [0.25, 0.3) is 5.69 Å². The maximum Gasteiger partial charge on any atom is 0.431 e. The third kappa shape index (κ3) is 3.86. The summed E-state index contributed by atoms with van der Waals surface area (Å²) in [5.41, 5.74) is -5.10. The number of nitrogens with zero attached hydrogens (tertiary/aromatic N) is 1. The van der Waals surface area contributed by atoms with Crippen molar-refractivity contribution in [1.29, 1.82) is 0 Å². The first-order valence-electron chi connectivity index (χ1n) is 7.46. The van der Waals surface area contributed by atoms with Gasteiger partial charge in [-0.15, -0.1) is 0 Å². The van der Waals surface area contributed by atoms with E-state index in [4.69, 9.17) is 16.3 Å². The molecule has 146 valence electrons. The molecule has 0 aliphatic carbocycles. The van der Waals surface area contributed by atoms with Crippen molar-refractivity contribution in [3.05, 3.63) is 79.8 Å². The zero-order valence-electron chi connectivity index (χ0n) is 13.6. The molecule has 0 bridgehead atoms. The average molecular weight is 417 g/mol. The number of benzene rings is 2. The van der Waals surface area contributed by atoms with Crippen molar-refractivity contribution in [3.63, 3.8) is 0 Å². The molecular formula is C17H9ClF4N2O4. The molecule has 6 nitrogen and oxygen atoms in total. The van der Waals surface area contributed by atoms with E-state index < -0.39 is 34.6 Å². The normalized spacial score (nSPS) is 11.5. The van der Waals surface area contributed by atoms with Gasteiger partial charge in [-0.2, -0.15) is 13.2 Å². The SMILES string of the molecule is O=c1cc(C(F)(F)F)[nH]c(=O)n1-c1cc(Oc2ccc(O)cc2)c(Cl)cc1F. The molecule has 28 heavy (non-hydrogen) atoms. The van der Waals surface area contributed by atoms with Crippen LogP contribution in [-0.2, 0) is 6.18 Å². The maximum atomic E-state index is 14.3. The highest BCUT2D eigenvalue weighted by Gasteiger charge is 2.33. The van der Waals surface area contributed by atoms with Crippen molar-refractivity contribution < 1.29 is 27.4 Å². The van der Waals surface area contributed by atoms with Crippen molar-refractivity contribution in [1.82, 2.24) is 9.55 Å². The number of halogens is 5.